The quantitative estimate of drug-likeness (QED) is 0.651. The standard InChI is InChI=1S/C7H10F6O/c1-3-6(11,12)7(13,14-4-8)5(2,9)10/h3-4H2,1-2H3. The molecule has 14 heavy (non-hydrogen) atoms. The van der Waals surface area contributed by atoms with Gasteiger partial charge >= 0.3 is 17.7 Å². The average Bonchev–Trinajstić information content (AvgIpc) is 2.02. The van der Waals surface area contributed by atoms with Crippen molar-refractivity contribution in [3.05, 3.63) is 0 Å². The van der Waals surface area contributed by atoms with E-state index in [9.17, 15) is 26.3 Å². The Kier molecular flexibility index (Phi) is 3.83. The van der Waals surface area contributed by atoms with Crippen LogP contribution in [0.25, 0.3) is 0 Å². The van der Waals surface area contributed by atoms with Gasteiger partial charge in [-0.05, 0) is 0 Å². The number of alkyl halides is 6. The van der Waals surface area contributed by atoms with Gasteiger partial charge in [-0.2, -0.15) is 4.39 Å². The third kappa shape index (κ3) is 2.13. The highest BCUT2D eigenvalue weighted by Crippen LogP contribution is 2.46. The molecule has 0 saturated heterocycles. The van der Waals surface area contributed by atoms with Crippen LogP contribution in [0.2, 0.25) is 0 Å². The predicted octanol–water partition coefficient (Wildman–Crippen LogP) is 3.30. The average molecular weight is 224 g/mol. The van der Waals surface area contributed by atoms with E-state index in [1.54, 1.807) is 0 Å². The van der Waals surface area contributed by atoms with Gasteiger partial charge in [0, 0.05) is 13.3 Å². The van der Waals surface area contributed by atoms with E-state index in [1.807, 2.05) is 0 Å². The van der Waals surface area contributed by atoms with Gasteiger partial charge in [-0.1, -0.05) is 6.92 Å². The Hall–Kier alpha value is -0.460. The molecule has 0 aromatic heterocycles. The zero-order chi connectivity index (χ0) is 11.6. The van der Waals surface area contributed by atoms with Gasteiger partial charge in [0.05, 0.1) is 0 Å². The Morgan fingerprint density at radius 3 is 1.71 bits per heavy atom. The second kappa shape index (κ2) is 3.96. The minimum Gasteiger partial charge on any atom is -0.305 e. The van der Waals surface area contributed by atoms with Crippen LogP contribution < -0.4 is 0 Å². The Morgan fingerprint density at radius 1 is 1.07 bits per heavy atom. The first-order chi connectivity index (χ1) is 6.12. The number of hydrogen-bond acceptors (Lipinski definition) is 1. The van der Waals surface area contributed by atoms with E-state index < -0.39 is 31.0 Å². The lowest BCUT2D eigenvalue weighted by Crippen LogP contribution is -2.57. The fourth-order valence-corrected chi connectivity index (χ4v) is 0.856. The SMILES string of the molecule is CCC(F)(F)C(F)(OCF)C(C)(F)F. The number of ether oxygens (including phenoxy) is 1. The lowest BCUT2D eigenvalue weighted by atomic mass is 10.0. The summed E-state index contributed by atoms with van der Waals surface area (Å²) in [6.45, 7) is -1.34. The van der Waals surface area contributed by atoms with E-state index >= 15 is 0 Å². The second-order valence-electron chi connectivity index (χ2n) is 2.80. The van der Waals surface area contributed by atoms with Gasteiger partial charge in [0.1, 0.15) is 0 Å². The monoisotopic (exact) mass is 224 g/mol. The molecule has 0 aromatic carbocycles. The Bertz CT molecular complexity index is 189. The molecule has 0 aliphatic heterocycles. The predicted molar refractivity (Wildman–Crippen MR) is 36.8 cm³/mol. The zero-order valence-electron chi connectivity index (χ0n) is 7.59. The minimum atomic E-state index is -4.61. The van der Waals surface area contributed by atoms with E-state index in [2.05, 4.69) is 4.74 Å². The molecule has 86 valence electrons. The molecule has 7 heteroatoms. The fourth-order valence-electron chi connectivity index (χ4n) is 0.856. The van der Waals surface area contributed by atoms with Crippen LogP contribution in [-0.2, 0) is 4.74 Å². The van der Waals surface area contributed by atoms with Crippen LogP contribution in [0.4, 0.5) is 26.3 Å². The maximum Gasteiger partial charge on any atom is 0.338 e. The van der Waals surface area contributed by atoms with Crippen molar-refractivity contribution in [2.75, 3.05) is 6.86 Å². The molecule has 0 spiro atoms. The summed E-state index contributed by atoms with van der Waals surface area (Å²) in [5, 5.41) is 0. The fraction of sp³-hybridized carbons (Fsp3) is 1.00. The van der Waals surface area contributed by atoms with Crippen molar-refractivity contribution < 1.29 is 31.1 Å². The molecule has 0 aliphatic rings. The van der Waals surface area contributed by atoms with Gasteiger partial charge in [0.2, 0.25) is 0 Å². The topological polar surface area (TPSA) is 9.23 Å². The molecule has 0 rings (SSSR count). The first-order valence-corrected chi connectivity index (χ1v) is 3.77. The molecule has 0 N–H and O–H groups in total. The van der Waals surface area contributed by atoms with Crippen LogP contribution >= 0.6 is 0 Å². The Balaban J connectivity index is 5.10. The van der Waals surface area contributed by atoms with E-state index in [1.165, 1.54) is 0 Å². The third-order valence-electron chi connectivity index (χ3n) is 1.73. The van der Waals surface area contributed by atoms with Crippen molar-refractivity contribution in [2.24, 2.45) is 0 Å². The van der Waals surface area contributed by atoms with Crippen LogP contribution in [-0.4, -0.2) is 24.6 Å². The van der Waals surface area contributed by atoms with Gasteiger partial charge in [-0.15, -0.1) is 0 Å². The van der Waals surface area contributed by atoms with Crippen LogP contribution in [0, 0.1) is 0 Å². The first kappa shape index (κ1) is 13.5. The molecule has 1 nitrogen and oxygen atoms in total. The summed E-state index contributed by atoms with van der Waals surface area (Å²) in [5.41, 5.74) is 0. The Labute approximate surface area is 77.0 Å². The zero-order valence-corrected chi connectivity index (χ0v) is 7.59. The molecule has 1 atom stereocenters. The summed E-state index contributed by atoms with van der Waals surface area (Å²) in [4.78, 5) is 0. The highest BCUT2D eigenvalue weighted by molar-refractivity contribution is 4.94. The van der Waals surface area contributed by atoms with Crippen LogP contribution in [0.5, 0.6) is 0 Å². The van der Waals surface area contributed by atoms with Crippen LogP contribution in [0.15, 0.2) is 0 Å². The lowest BCUT2D eigenvalue weighted by molar-refractivity contribution is -0.366. The third-order valence-corrected chi connectivity index (χ3v) is 1.73. The van der Waals surface area contributed by atoms with E-state index in [4.69, 9.17) is 0 Å². The van der Waals surface area contributed by atoms with E-state index in [0.717, 1.165) is 6.92 Å². The molecule has 0 aliphatic carbocycles. The van der Waals surface area contributed by atoms with Crippen molar-refractivity contribution in [1.82, 2.24) is 0 Å². The van der Waals surface area contributed by atoms with Crippen molar-refractivity contribution in [3.63, 3.8) is 0 Å². The molecule has 0 heterocycles. The highest BCUT2D eigenvalue weighted by atomic mass is 19.3. The summed E-state index contributed by atoms with van der Waals surface area (Å²) in [6, 6.07) is 0. The normalized spacial score (nSPS) is 18.0. The summed E-state index contributed by atoms with van der Waals surface area (Å²) in [6.07, 6.45) is -1.22. The summed E-state index contributed by atoms with van der Waals surface area (Å²) >= 11 is 0. The minimum absolute atomic E-state index is 0.0910. The smallest absolute Gasteiger partial charge is 0.305 e. The van der Waals surface area contributed by atoms with Gasteiger partial charge < -0.3 is 4.74 Å². The van der Waals surface area contributed by atoms with E-state index in [0.29, 0.717) is 0 Å². The van der Waals surface area contributed by atoms with Crippen molar-refractivity contribution in [2.45, 2.75) is 38.0 Å². The van der Waals surface area contributed by atoms with Crippen molar-refractivity contribution >= 4 is 0 Å². The maximum absolute atomic E-state index is 13.1. The number of halogens is 6. The molecular formula is C7H10F6O. The van der Waals surface area contributed by atoms with Crippen LogP contribution in [0.1, 0.15) is 20.3 Å². The van der Waals surface area contributed by atoms with E-state index in [-0.39, 0.29) is 6.92 Å². The van der Waals surface area contributed by atoms with Gasteiger partial charge in [-0.3, -0.25) is 0 Å². The molecule has 0 radical (unpaired) electrons. The molecule has 0 bridgehead atoms. The molecular weight excluding hydrogens is 214 g/mol. The lowest BCUT2D eigenvalue weighted by Gasteiger charge is -2.35. The number of rotatable bonds is 5. The van der Waals surface area contributed by atoms with Crippen LogP contribution in [0.3, 0.4) is 0 Å². The molecule has 0 amide bonds. The van der Waals surface area contributed by atoms with Gasteiger partial charge in [0.15, 0.2) is 6.86 Å². The van der Waals surface area contributed by atoms with Crippen molar-refractivity contribution in [1.29, 1.82) is 0 Å². The summed E-state index contributed by atoms with van der Waals surface area (Å²) in [5.74, 6) is -13.5. The largest absolute Gasteiger partial charge is 0.338 e. The van der Waals surface area contributed by atoms with Crippen molar-refractivity contribution in [3.8, 4) is 0 Å². The summed E-state index contributed by atoms with van der Waals surface area (Å²) < 4.78 is 78.4. The first-order valence-electron chi connectivity index (χ1n) is 3.77. The molecule has 1 unspecified atom stereocenters. The summed E-state index contributed by atoms with van der Waals surface area (Å²) in [7, 11) is 0. The maximum atomic E-state index is 13.1. The Morgan fingerprint density at radius 2 is 1.50 bits per heavy atom. The second-order valence-corrected chi connectivity index (χ2v) is 2.80. The van der Waals surface area contributed by atoms with Gasteiger partial charge in [0.25, 0.3) is 0 Å². The highest BCUT2D eigenvalue weighted by Gasteiger charge is 2.68. The van der Waals surface area contributed by atoms with Gasteiger partial charge in [-0.25, -0.2) is 22.0 Å². The number of hydrogen-bond donors (Lipinski definition) is 0. The molecule has 0 saturated carbocycles. The molecule has 0 fully saturated rings. The molecule has 0 aromatic rings.